The molecule has 1 aliphatic heterocycles. The second-order valence-corrected chi connectivity index (χ2v) is 8.42. The Morgan fingerprint density at radius 2 is 1.87 bits per heavy atom. The zero-order valence-corrected chi connectivity index (χ0v) is 17.7. The van der Waals surface area contributed by atoms with Gasteiger partial charge in [-0.15, -0.1) is 0 Å². The molecule has 0 spiro atoms. The fourth-order valence-corrected chi connectivity index (χ4v) is 4.30. The molecule has 1 amide bonds. The maximum Gasteiger partial charge on any atom is 0.237 e. The van der Waals surface area contributed by atoms with Gasteiger partial charge in [-0.3, -0.25) is 14.7 Å². The van der Waals surface area contributed by atoms with Gasteiger partial charge in [-0.1, -0.05) is 42.5 Å². The molecule has 3 aromatic rings. The van der Waals surface area contributed by atoms with Crippen LogP contribution >= 0.6 is 0 Å². The van der Waals surface area contributed by atoms with Crippen molar-refractivity contribution in [1.29, 1.82) is 0 Å². The Hall–Kier alpha value is -2.76. The minimum absolute atomic E-state index is 0.119. The summed E-state index contributed by atoms with van der Waals surface area (Å²) in [7, 11) is 0. The summed E-state index contributed by atoms with van der Waals surface area (Å²) in [6, 6.07) is 19.3. The van der Waals surface area contributed by atoms with Crippen LogP contribution in [0.4, 0.5) is 0 Å². The van der Waals surface area contributed by atoms with E-state index in [1.165, 1.54) is 21.9 Å². The van der Waals surface area contributed by atoms with Crippen LogP contribution in [-0.4, -0.2) is 40.5 Å². The Kier molecular flexibility index (Phi) is 6.41. The van der Waals surface area contributed by atoms with Crippen molar-refractivity contribution in [3.63, 3.8) is 0 Å². The molecule has 1 aromatic heterocycles. The summed E-state index contributed by atoms with van der Waals surface area (Å²) in [5.41, 5.74) is 2.48. The molecule has 2 heterocycles. The molecule has 5 nitrogen and oxygen atoms in total. The van der Waals surface area contributed by atoms with Gasteiger partial charge in [0.05, 0.1) is 6.04 Å². The zero-order chi connectivity index (χ0) is 20.9. The lowest BCUT2D eigenvalue weighted by Gasteiger charge is -2.24. The van der Waals surface area contributed by atoms with Gasteiger partial charge in [-0.2, -0.15) is 0 Å². The molecule has 4 rings (SSSR count). The summed E-state index contributed by atoms with van der Waals surface area (Å²) in [6.07, 6.45) is 4.43. The SMILES string of the molecule is CC(C)NC(=O)[C@@H]1C[C@@H](NCc2cccc3ccccc23)CN1Cc1ccncc1. The predicted octanol–water partition coefficient (Wildman–Crippen LogP) is 3.49. The molecule has 5 heteroatoms. The number of nitrogens with one attached hydrogen (secondary N) is 2. The third kappa shape index (κ3) is 4.86. The summed E-state index contributed by atoms with van der Waals surface area (Å²) >= 11 is 0. The van der Waals surface area contributed by atoms with Crippen LogP contribution in [0.3, 0.4) is 0 Å². The Labute approximate surface area is 178 Å². The first-order chi connectivity index (χ1) is 14.6. The fraction of sp³-hybridized carbons (Fsp3) is 0.360. The highest BCUT2D eigenvalue weighted by atomic mass is 16.2. The average Bonchev–Trinajstić information content (AvgIpc) is 3.15. The Morgan fingerprint density at radius 3 is 2.67 bits per heavy atom. The number of aromatic nitrogens is 1. The van der Waals surface area contributed by atoms with E-state index in [1.807, 2.05) is 38.4 Å². The third-order valence-electron chi connectivity index (χ3n) is 5.73. The Bertz CT molecular complexity index is 983. The molecule has 0 unspecified atom stereocenters. The van der Waals surface area contributed by atoms with Gasteiger partial charge in [-0.25, -0.2) is 0 Å². The largest absolute Gasteiger partial charge is 0.353 e. The van der Waals surface area contributed by atoms with Crippen LogP contribution in [-0.2, 0) is 17.9 Å². The van der Waals surface area contributed by atoms with Gasteiger partial charge in [0.25, 0.3) is 0 Å². The highest BCUT2D eigenvalue weighted by molar-refractivity contribution is 5.85. The van der Waals surface area contributed by atoms with Gasteiger partial charge >= 0.3 is 0 Å². The molecule has 156 valence electrons. The number of hydrogen-bond donors (Lipinski definition) is 2. The van der Waals surface area contributed by atoms with Crippen molar-refractivity contribution >= 4 is 16.7 Å². The van der Waals surface area contributed by atoms with Crippen LogP contribution in [0.5, 0.6) is 0 Å². The number of nitrogens with zero attached hydrogens (tertiary/aromatic N) is 2. The van der Waals surface area contributed by atoms with Crippen molar-refractivity contribution in [3.05, 3.63) is 78.1 Å². The summed E-state index contributed by atoms with van der Waals surface area (Å²) in [5, 5.41) is 9.35. The Balaban J connectivity index is 1.46. The van der Waals surface area contributed by atoms with E-state index in [-0.39, 0.29) is 24.0 Å². The summed E-state index contributed by atoms with van der Waals surface area (Å²) < 4.78 is 0. The number of amides is 1. The van der Waals surface area contributed by atoms with Crippen molar-refractivity contribution in [2.45, 2.75) is 51.5 Å². The fourth-order valence-electron chi connectivity index (χ4n) is 4.30. The molecule has 1 fully saturated rings. The number of hydrogen-bond acceptors (Lipinski definition) is 4. The number of fused-ring (bicyclic) bond motifs is 1. The van der Waals surface area contributed by atoms with E-state index >= 15 is 0 Å². The number of benzene rings is 2. The van der Waals surface area contributed by atoms with Crippen LogP contribution in [0.1, 0.15) is 31.4 Å². The van der Waals surface area contributed by atoms with Gasteiger partial charge in [0.2, 0.25) is 5.91 Å². The monoisotopic (exact) mass is 402 g/mol. The molecule has 0 aliphatic carbocycles. The van der Waals surface area contributed by atoms with Crippen molar-refractivity contribution in [1.82, 2.24) is 20.5 Å². The minimum atomic E-state index is -0.120. The first kappa shape index (κ1) is 20.5. The molecule has 2 aromatic carbocycles. The molecule has 1 saturated heterocycles. The molecular formula is C25H30N4O. The molecular weight excluding hydrogens is 372 g/mol. The van der Waals surface area contributed by atoms with Crippen LogP contribution in [0.15, 0.2) is 67.0 Å². The number of carbonyl (C=O) groups is 1. The second-order valence-electron chi connectivity index (χ2n) is 8.42. The highest BCUT2D eigenvalue weighted by Crippen LogP contribution is 2.23. The van der Waals surface area contributed by atoms with Crippen LogP contribution < -0.4 is 10.6 Å². The Morgan fingerprint density at radius 1 is 1.10 bits per heavy atom. The summed E-state index contributed by atoms with van der Waals surface area (Å²) in [5.74, 6) is 0.119. The molecule has 1 aliphatic rings. The van der Waals surface area contributed by atoms with Gasteiger partial charge < -0.3 is 10.6 Å². The number of carbonyl (C=O) groups excluding carboxylic acids is 1. The molecule has 0 saturated carbocycles. The lowest BCUT2D eigenvalue weighted by Crippen LogP contribution is -2.45. The maximum absolute atomic E-state index is 12.9. The number of rotatable bonds is 7. The van der Waals surface area contributed by atoms with Crippen molar-refractivity contribution in [2.75, 3.05) is 6.54 Å². The first-order valence-corrected chi connectivity index (χ1v) is 10.7. The average molecular weight is 403 g/mol. The quantitative estimate of drug-likeness (QED) is 0.635. The molecule has 2 atom stereocenters. The normalized spacial score (nSPS) is 19.4. The third-order valence-corrected chi connectivity index (χ3v) is 5.73. The molecule has 30 heavy (non-hydrogen) atoms. The van der Waals surface area contributed by atoms with Gasteiger partial charge in [-0.05, 0) is 54.3 Å². The van der Waals surface area contributed by atoms with Crippen molar-refractivity contribution < 1.29 is 4.79 Å². The van der Waals surface area contributed by atoms with E-state index in [9.17, 15) is 4.79 Å². The summed E-state index contributed by atoms with van der Waals surface area (Å²) in [6.45, 7) is 6.43. The number of likely N-dealkylation sites (tertiary alicyclic amines) is 1. The topological polar surface area (TPSA) is 57.3 Å². The lowest BCUT2D eigenvalue weighted by molar-refractivity contribution is -0.126. The summed E-state index contributed by atoms with van der Waals surface area (Å²) in [4.78, 5) is 19.2. The first-order valence-electron chi connectivity index (χ1n) is 10.7. The van der Waals surface area contributed by atoms with E-state index in [0.717, 1.165) is 26.1 Å². The van der Waals surface area contributed by atoms with E-state index < -0.39 is 0 Å². The predicted molar refractivity (Wildman–Crippen MR) is 121 cm³/mol. The second kappa shape index (κ2) is 9.37. The minimum Gasteiger partial charge on any atom is -0.353 e. The molecule has 0 radical (unpaired) electrons. The zero-order valence-electron chi connectivity index (χ0n) is 17.7. The lowest BCUT2D eigenvalue weighted by atomic mass is 10.0. The van der Waals surface area contributed by atoms with E-state index in [4.69, 9.17) is 0 Å². The maximum atomic E-state index is 12.9. The van der Waals surface area contributed by atoms with Gasteiger partial charge in [0.15, 0.2) is 0 Å². The van der Waals surface area contributed by atoms with Gasteiger partial charge in [0, 0.05) is 44.1 Å². The molecule has 2 N–H and O–H groups in total. The van der Waals surface area contributed by atoms with Gasteiger partial charge in [0.1, 0.15) is 0 Å². The van der Waals surface area contributed by atoms with E-state index in [0.29, 0.717) is 0 Å². The van der Waals surface area contributed by atoms with Crippen LogP contribution in [0.25, 0.3) is 10.8 Å². The molecule has 0 bridgehead atoms. The smallest absolute Gasteiger partial charge is 0.237 e. The number of pyridine rings is 1. The standard InChI is InChI=1S/C25H30N4O/c1-18(2)28-25(30)24-14-22(17-29(24)16-19-10-12-26-13-11-19)27-15-21-8-5-7-20-6-3-4-9-23(20)21/h3-13,18,22,24,27H,14-17H2,1-2H3,(H,28,30)/t22-,24+/m1/s1. The van der Waals surface area contributed by atoms with Crippen LogP contribution in [0.2, 0.25) is 0 Å². The van der Waals surface area contributed by atoms with E-state index in [2.05, 4.69) is 63.0 Å². The highest BCUT2D eigenvalue weighted by Gasteiger charge is 2.36. The van der Waals surface area contributed by atoms with Crippen molar-refractivity contribution in [2.24, 2.45) is 0 Å². The van der Waals surface area contributed by atoms with Crippen LogP contribution in [0, 0.1) is 0 Å². The van der Waals surface area contributed by atoms with Crippen molar-refractivity contribution in [3.8, 4) is 0 Å². The van der Waals surface area contributed by atoms with E-state index in [1.54, 1.807) is 0 Å².